The molecule has 0 aliphatic rings. The number of anilines is 1. The Morgan fingerprint density at radius 2 is 1.84 bits per heavy atom. The highest BCUT2D eigenvalue weighted by Gasteiger charge is 2.31. The second kappa shape index (κ2) is 9.49. The number of benzene rings is 2. The van der Waals surface area contributed by atoms with E-state index in [-0.39, 0.29) is 10.6 Å². The van der Waals surface area contributed by atoms with E-state index in [9.17, 15) is 23.3 Å². The van der Waals surface area contributed by atoms with Gasteiger partial charge in [-0.05, 0) is 42.1 Å². The summed E-state index contributed by atoms with van der Waals surface area (Å²) < 4.78 is 27.2. The monoisotopic (exact) mass is 458 g/mol. The van der Waals surface area contributed by atoms with Gasteiger partial charge in [-0.15, -0.1) is 11.3 Å². The van der Waals surface area contributed by atoms with Gasteiger partial charge in [-0.3, -0.25) is 14.9 Å². The van der Waals surface area contributed by atoms with Crippen LogP contribution in [0.5, 0.6) is 0 Å². The lowest BCUT2D eigenvalue weighted by atomic mass is 10.2. The minimum absolute atomic E-state index is 0.0985. The summed E-state index contributed by atoms with van der Waals surface area (Å²) in [6.45, 7) is 1.20. The van der Waals surface area contributed by atoms with Crippen molar-refractivity contribution in [1.82, 2.24) is 5.43 Å². The van der Waals surface area contributed by atoms with Crippen molar-refractivity contribution in [2.45, 2.75) is 11.8 Å². The Kier molecular flexibility index (Phi) is 6.78. The Morgan fingerprint density at radius 1 is 1.16 bits per heavy atom. The van der Waals surface area contributed by atoms with Crippen LogP contribution < -0.4 is 9.73 Å². The van der Waals surface area contributed by atoms with Gasteiger partial charge < -0.3 is 0 Å². The summed E-state index contributed by atoms with van der Waals surface area (Å²) in [5.41, 5.74) is 2.61. The van der Waals surface area contributed by atoms with Gasteiger partial charge in [0.05, 0.1) is 16.0 Å². The van der Waals surface area contributed by atoms with Gasteiger partial charge in [0.15, 0.2) is 0 Å². The standard InChI is InChI=1S/C20H18N4O5S2/c1-15-11-12-30-19(15)13-21-22-20(25)14-23(17-9-5-6-10-18(17)24(26)27)31(28,29)16-7-3-2-4-8-16/h2-13H,14H2,1H3,(H,22,25)/b21-13-. The first kappa shape index (κ1) is 22.1. The van der Waals surface area contributed by atoms with Gasteiger partial charge in [-0.1, -0.05) is 30.3 Å². The molecule has 0 radical (unpaired) electrons. The maximum Gasteiger partial charge on any atom is 0.293 e. The zero-order valence-electron chi connectivity index (χ0n) is 16.3. The zero-order chi connectivity index (χ0) is 22.4. The first-order valence-corrected chi connectivity index (χ1v) is 11.3. The number of aryl methyl sites for hydroxylation is 1. The van der Waals surface area contributed by atoms with Crippen LogP contribution in [0.3, 0.4) is 0 Å². The normalized spacial score (nSPS) is 11.4. The molecular weight excluding hydrogens is 440 g/mol. The molecule has 3 rings (SSSR count). The van der Waals surface area contributed by atoms with Crippen LogP contribution in [0.4, 0.5) is 11.4 Å². The summed E-state index contributed by atoms with van der Waals surface area (Å²) in [6.07, 6.45) is 1.46. The van der Waals surface area contributed by atoms with E-state index in [1.807, 2.05) is 18.4 Å². The van der Waals surface area contributed by atoms with Crippen LogP contribution in [-0.2, 0) is 14.8 Å². The summed E-state index contributed by atoms with van der Waals surface area (Å²) in [7, 11) is -4.26. The highest BCUT2D eigenvalue weighted by molar-refractivity contribution is 7.92. The van der Waals surface area contributed by atoms with Crippen LogP contribution in [0, 0.1) is 17.0 Å². The molecule has 0 spiro atoms. The quantitative estimate of drug-likeness (QED) is 0.315. The second-order valence-corrected chi connectivity index (χ2v) is 9.14. The maximum absolute atomic E-state index is 13.2. The van der Waals surface area contributed by atoms with E-state index in [2.05, 4.69) is 10.5 Å². The van der Waals surface area contributed by atoms with Crippen LogP contribution in [0.2, 0.25) is 0 Å². The summed E-state index contributed by atoms with van der Waals surface area (Å²) in [5.74, 6) is -0.747. The molecule has 1 heterocycles. The molecule has 1 aromatic heterocycles. The highest BCUT2D eigenvalue weighted by atomic mass is 32.2. The highest BCUT2D eigenvalue weighted by Crippen LogP contribution is 2.31. The van der Waals surface area contributed by atoms with Crippen molar-refractivity contribution >= 4 is 44.9 Å². The SMILES string of the molecule is Cc1ccsc1/C=N\NC(=O)CN(c1ccccc1[N+](=O)[O-])S(=O)(=O)c1ccccc1. The topological polar surface area (TPSA) is 122 Å². The number of hydrogen-bond donors (Lipinski definition) is 1. The number of rotatable bonds is 8. The molecule has 11 heteroatoms. The Bertz CT molecular complexity index is 1220. The number of nitrogens with one attached hydrogen (secondary N) is 1. The maximum atomic E-state index is 13.2. The lowest BCUT2D eigenvalue weighted by Crippen LogP contribution is -2.39. The molecule has 0 saturated carbocycles. The number of para-hydroxylation sites is 2. The zero-order valence-corrected chi connectivity index (χ0v) is 18.0. The summed E-state index contributed by atoms with van der Waals surface area (Å²) in [6, 6.07) is 14.6. The molecule has 0 unspecified atom stereocenters. The minimum atomic E-state index is -4.26. The summed E-state index contributed by atoms with van der Waals surface area (Å²) in [4.78, 5) is 24.0. The van der Waals surface area contributed by atoms with Crippen molar-refractivity contribution in [3.05, 3.63) is 86.6 Å². The van der Waals surface area contributed by atoms with Gasteiger partial charge in [-0.2, -0.15) is 5.10 Å². The lowest BCUT2D eigenvalue weighted by molar-refractivity contribution is -0.384. The molecule has 1 amide bonds. The molecule has 160 valence electrons. The van der Waals surface area contributed by atoms with Gasteiger partial charge in [0.25, 0.3) is 21.6 Å². The van der Waals surface area contributed by atoms with Crippen molar-refractivity contribution in [2.75, 3.05) is 10.8 Å². The van der Waals surface area contributed by atoms with Gasteiger partial charge in [-0.25, -0.2) is 18.1 Å². The van der Waals surface area contributed by atoms with E-state index in [1.54, 1.807) is 6.07 Å². The third-order valence-electron chi connectivity index (χ3n) is 4.24. The first-order chi connectivity index (χ1) is 14.8. The van der Waals surface area contributed by atoms with Crippen molar-refractivity contribution in [3.63, 3.8) is 0 Å². The Balaban J connectivity index is 1.93. The molecule has 0 bridgehead atoms. The van der Waals surface area contributed by atoms with Crippen molar-refractivity contribution in [2.24, 2.45) is 5.10 Å². The lowest BCUT2D eigenvalue weighted by Gasteiger charge is -2.23. The average molecular weight is 459 g/mol. The number of amides is 1. The number of hydrazone groups is 1. The Morgan fingerprint density at radius 3 is 2.48 bits per heavy atom. The van der Waals surface area contributed by atoms with Crippen LogP contribution >= 0.6 is 11.3 Å². The van der Waals surface area contributed by atoms with E-state index in [1.165, 1.54) is 66.1 Å². The molecule has 0 saturated heterocycles. The summed E-state index contributed by atoms with van der Waals surface area (Å²) >= 11 is 1.44. The predicted octanol–water partition coefficient (Wildman–Crippen LogP) is 3.31. The third-order valence-corrected chi connectivity index (χ3v) is 6.97. The number of thiophene rings is 1. The average Bonchev–Trinajstić information content (AvgIpc) is 3.17. The van der Waals surface area contributed by atoms with Crippen LogP contribution in [0.25, 0.3) is 0 Å². The molecule has 0 fully saturated rings. The van der Waals surface area contributed by atoms with Crippen molar-refractivity contribution in [3.8, 4) is 0 Å². The molecule has 31 heavy (non-hydrogen) atoms. The third kappa shape index (κ3) is 5.13. The largest absolute Gasteiger partial charge is 0.293 e. The fourth-order valence-electron chi connectivity index (χ4n) is 2.69. The van der Waals surface area contributed by atoms with Crippen LogP contribution in [0.15, 0.2) is 76.0 Å². The molecule has 0 aliphatic heterocycles. The Labute approximate surface area is 182 Å². The molecule has 1 N–H and O–H groups in total. The number of carbonyl (C=O) groups excluding carboxylic acids is 1. The molecule has 9 nitrogen and oxygen atoms in total. The fraction of sp³-hybridized carbons (Fsp3) is 0.100. The Hall–Kier alpha value is -3.57. The van der Waals surface area contributed by atoms with Gasteiger partial charge in [0.2, 0.25) is 0 Å². The molecule has 2 aromatic carbocycles. The van der Waals surface area contributed by atoms with E-state index >= 15 is 0 Å². The predicted molar refractivity (Wildman–Crippen MR) is 119 cm³/mol. The molecule has 0 aliphatic carbocycles. The molecule has 3 aromatic rings. The van der Waals surface area contributed by atoms with Gasteiger partial charge in [0, 0.05) is 10.9 Å². The van der Waals surface area contributed by atoms with E-state index in [4.69, 9.17) is 0 Å². The van der Waals surface area contributed by atoms with E-state index < -0.39 is 33.1 Å². The number of carbonyl (C=O) groups is 1. The second-order valence-electron chi connectivity index (χ2n) is 6.33. The smallest absolute Gasteiger partial charge is 0.271 e. The van der Waals surface area contributed by atoms with Crippen LogP contribution in [-0.4, -0.2) is 32.0 Å². The number of nitrogens with zero attached hydrogens (tertiary/aromatic N) is 3. The van der Waals surface area contributed by atoms with Gasteiger partial charge in [0.1, 0.15) is 12.2 Å². The number of nitro groups is 1. The molecule has 0 atom stereocenters. The summed E-state index contributed by atoms with van der Waals surface area (Å²) in [5, 5.41) is 17.2. The minimum Gasteiger partial charge on any atom is -0.271 e. The van der Waals surface area contributed by atoms with Crippen molar-refractivity contribution in [1.29, 1.82) is 0 Å². The van der Waals surface area contributed by atoms with Gasteiger partial charge >= 0.3 is 0 Å². The first-order valence-electron chi connectivity index (χ1n) is 8.98. The number of sulfonamides is 1. The number of nitro benzene ring substituents is 1. The van der Waals surface area contributed by atoms with E-state index in [0.717, 1.165) is 10.4 Å². The molecular formula is C20H18N4O5S2. The van der Waals surface area contributed by atoms with E-state index in [0.29, 0.717) is 4.31 Å². The number of hydrogen-bond acceptors (Lipinski definition) is 7. The fourth-order valence-corrected chi connectivity index (χ4v) is 4.94. The van der Waals surface area contributed by atoms with Crippen molar-refractivity contribution < 1.29 is 18.1 Å². The van der Waals surface area contributed by atoms with Crippen LogP contribution in [0.1, 0.15) is 10.4 Å².